The molecule has 0 fully saturated rings. The first-order chi connectivity index (χ1) is 12.6. The first-order valence-corrected chi connectivity index (χ1v) is 8.92. The van der Waals surface area contributed by atoms with Crippen molar-refractivity contribution in [3.63, 3.8) is 0 Å². The number of rotatable bonds is 7. The quantitative estimate of drug-likeness (QED) is 0.395. The Morgan fingerprint density at radius 3 is 2.42 bits per heavy atom. The number of nitrogens with zero attached hydrogens (tertiary/aromatic N) is 2. The largest absolute Gasteiger partial charge is 0.356 e. The van der Waals surface area contributed by atoms with Crippen molar-refractivity contribution in [2.75, 3.05) is 20.1 Å². The lowest BCUT2D eigenvalue weighted by molar-refractivity contribution is 0.0956. The summed E-state index contributed by atoms with van der Waals surface area (Å²) in [5.74, 6) is 0.668. The van der Waals surface area contributed by atoms with Gasteiger partial charge in [0.15, 0.2) is 5.96 Å². The van der Waals surface area contributed by atoms with E-state index in [0.717, 1.165) is 30.1 Å². The molecule has 138 valence electrons. The first-order valence-electron chi connectivity index (χ1n) is 8.54. The fourth-order valence-electron chi connectivity index (χ4n) is 2.32. The predicted molar refractivity (Wildman–Crippen MR) is 106 cm³/mol. The van der Waals surface area contributed by atoms with Crippen molar-refractivity contribution in [2.24, 2.45) is 4.99 Å². The van der Waals surface area contributed by atoms with E-state index in [1.54, 1.807) is 19.3 Å². The number of carbonyl (C=O) groups excluding carboxylic acids is 1. The summed E-state index contributed by atoms with van der Waals surface area (Å²) in [6.07, 6.45) is 2.60. The Kier molecular flexibility index (Phi) is 7.89. The zero-order chi connectivity index (χ0) is 18.8. The number of pyridine rings is 1. The lowest BCUT2D eigenvalue weighted by Crippen LogP contribution is -2.37. The molecule has 1 heterocycles. The van der Waals surface area contributed by atoms with E-state index >= 15 is 0 Å². The van der Waals surface area contributed by atoms with Gasteiger partial charge in [-0.05, 0) is 42.7 Å². The number of nitrogens with one attached hydrogen (secondary N) is 3. The second-order valence-corrected chi connectivity index (χ2v) is 6.04. The van der Waals surface area contributed by atoms with Crippen LogP contribution < -0.4 is 16.0 Å². The van der Waals surface area contributed by atoms with Gasteiger partial charge in [-0.1, -0.05) is 29.8 Å². The van der Waals surface area contributed by atoms with Crippen molar-refractivity contribution < 1.29 is 4.79 Å². The van der Waals surface area contributed by atoms with Gasteiger partial charge < -0.3 is 16.0 Å². The van der Waals surface area contributed by atoms with Gasteiger partial charge in [0.05, 0.1) is 0 Å². The van der Waals surface area contributed by atoms with Crippen molar-refractivity contribution in [1.29, 1.82) is 0 Å². The molecule has 2 rings (SSSR count). The number of hydrogen-bond donors (Lipinski definition) is 3. The monoisotopic (exact) mass is 373 g/mol. The Morgan fingerprint density at radius 2 is 1.81 bits per heavy atom. The van der Waals surface area contributed by atoms with Crippen LogP contribution in [0.1, 0.15) is 28.4 Å². The van der Waals surface area contributed by atoms with Gasteiger partial charge in [-0.25, -0.2) is 4.98 Å². The van der Waals surface area contributed by atoms with Crippen molar-refractivity contribution in [2.45, 2.75) is 19.9 Å². The average molecular weight is 374 g/mol. The van der Waals surface area contributed by atoms with Crippen LogP contribution in [0.5, 0.6) is 0 Å². The summed E-state index contributed by atoms with van der Waals surface area (Å²) in [7, 11) is 1.73. The zero-order valence-corrected chi connectivity index (χ0v) is 15.8. The van der Waals surface area contributed by atoms with Crippen molar-refractivity contribution in [3.05, 3.63) is 64.4 Å². The minimum atomic E-state index is -0.0545. The molecule has 0 saturated heterocycles. The third-order valence-corrected chi connectivity index (χ3v) is 3.96. The van der Waals surface area contributed by atoms with E-state index in [1.807, 2.05) is 37.3 Å². The van der Waals surface area contributed by atoms with E-state index in [-0.39, 0.29) is 5.91 Å². The molecule has 2 aromatic rings. The van der Waals surface area contributed by atoms with E-state index in [2.05, 4.69) is 25.9 Å². The third kappa shape index (κ3) is 6.37. The maximum absolute atomic E-state index is 11.8. The van der Waals surface area contributed by atoms with Gasteiger partial charge in [0, 0.05) is 38.4 Å². The molecule has 0 bridgehead atoms. The highest BCUT2D eigenvalue weighted by atomic mass is 35.5. The highest BCUT2D eigenvalue weighted by Crippen LogP contribution is 2.06. The summed E-state index contributed by atoms with van der Waals surface area (Å²) in [5.41, 5.74) is 2.84. The summed E-state index contributed by atoms with van der Waals surface area (Å²) in [5, 5.41) is 9.80. The Labute approximate surface area is 159 Å². The van der Waals surface area contributed by atoms with Crippen molar-refractivity contribution >= 4 is 23.5 Å². The summed E-state index contributed by atoms with van der Waals surface area (Å²) in [6.45, 7) is 3.88. The number of halogens is 1. The molecule has 1 aromatic heterocycles. The van der Waals surface area contributed by atoms with Crippen LogP contribution in [0.25, 0.3) is 0 Å². The number of aliphatic imine (C=N–C) groups is 1. The van der Waals surface area contributed by atoms with Gasteiger partial charge in [-0.15, -0.1) is 0 Å². The van der Waals surface area contributed by atoms with Gasteiger partial charge in [-0.3, -0.25) is 9.79 Å². The predicted octanol–water partition coefficient (Wildman–Crippen LogP) is 2.39. The second kappa shape index (κ2) is 10.4. The van der Waals surface area contributed by atoms with Crippen LogP contribution in [0.2, 0.25) is 5.15 Å². The fourth-order valence-corrected chi connectivity index (χ4v) is 2.43. The molecule has 3 N–H and O–H groups in total. The molecule has 0 aliphatic heterocycles. The number of hydrogen-bond acceptors (Lipinski definition) is 3. The van der Waals surface area contributed by atoms with Crippen molar-refractivity contribution in [3.8, 4) is 0 Å². The van der Waals surface area contributed by atoms with E-state index in [4.69, 9.17) is 11.6 Å². The molecule has 26 heavy (non-hydrogen) atoms. The summed E-state index contributed by atoms with van der Waals surface area (Å²) >= 11 is 5.78. The van der Waals surface area contributed by atoms with Gasteiger partial charge >= 0.3 is 0 Å². The van der Waals surface area contributed by atoms with Crippen LogP contribution in [0.15, 0.2) is 47.6 Å². The van der Waals surface area contributed by atoms with E-state index < -0.39 is 0 Å². The second-order valence-electron chi connectivity index (χ2n) is 5.65. The zero-order valence-electron chi connectivity index (χ0n) is 15.1. The van der Waals surface area contributed by atoms with Crippen LogP contribution in [0.3, 0.4) is 0 Å². The Morgan fingerprint density at radius 1 is 1.08 bits per heavy atom. The lowest BCUT2D eigenvalue weighted by atomic mass is 10.1. The number of aromatic nitrogens is 1. The average Bonchev–Trinajstić information content (AvgIpc) is 2.66. The smallest absolute Gasteiger partial charge is 0.251 e. The highest BCUT2D eigenvalue weighted by molar-refractivity contribution is 6.29. The molecule has 0 aliphatic rings. The van der Waals surface area contributed by atoms with E-state index in [9.17, 15) is 4.79 Å². The van der Waals surface area contributed by atoms with E-state index in [0.29, 0.717) is 23.8 Å². The molecular weight excluding hydrogens is 350 g/mol. The van der Waals surface area contributed by atoms with Crippen LogP contribution in [-0.2, 0) is 13.0 Å². The Bertz CT molecular complexity index is 729. The summed E-state index contributed by atoms with van der Waals surface area (Å²) < 4.78 is 0. The van der Waals surface area contributed by atoms with Gasteiger partial charge in [0.1, 0.15) is 5.15 Å². The highest BCUT2D eigenvalue weighted by Gasteiger charge is 2.04. The minimum Gasteiger partial charge on any atom is -0.356 e. The molecular formula is C19H24ClN5O. The lowest BCUT2D eigenvalue weighted by Gasteiger charge is -2.12. The topological polar surface area (TPSA) is 78.4 Å². The molecule has 0 unspecified atom stereocenters. The first kappa shape index (κ1) is 19.7. The van der Waals surface area contributed by atoms with Crippen molar-refractivity contribution in [1.82, 2.24) is 20.9 Å². The van der Waals surface area contributed by atoms with Crippen LogP contribution >= 0.6 is 11.6 Å². The number of amides is 1. The molecule has 0 aliphatic carbocycles. The third-order valence-electron chi connectivity index (χ3n) is 3.73. The van der Waals surface area contributed by atoms with Gasteiger partial charge in [0.25, 0.3) is 5.91 Å². The van der Waals surface area contributed by atoms with Crippen LogP contribution in [0, 0.1) is 0 Å². The maximum atomic E-state index is 11.8. The Balaban J connectivity index is 1.77. The molecule has 6 nitrogen and oxygen atoms in total. The minimum absolute atomic E-state index is 0.0545. The number of guanidine groups is 1. The molecule has 0 radical (unpaired) electrons. The Hall–Kier alpha value is -2.60. The molecule has 0 atom stereocenters. The van der Waals surface area contributed by atoms with Crippen LogP contribution in [0.4, 0.5) is 0 Å². The van der Waals surface area contributed by atoms with Gasteiger partial charge in [-0.2, -0.15) is 0 Å². The normalized spacial score (nSPS) is 11.1. The molecule has 0 spiro atoms. The summed E-state index contributed by atoms with van der Waals surface area (Å²) in [4.78, 5) is 20.0. The number of carbonyl (C=O) groups is 1. The molecule has 1 amide bonds. The maximum Gasteiger partial charge on any atom is 0.251 e. The summed E-state index contributed by atoms with van der Waals surface area (Å²) in [6, 6.07) is 11.3. The van der Waals surface area contributed by atoms with Crippen LogP contribution in [-0.4, -0.2) is 37.0 Å². The molecule has 7 heteroatoms. The molecule has 1 aromatic carbocycles. The standard InChI is InChI=1S/C19H24ClN5O/c1-3-22-18(26)16-7-4-14(5-8-16)13-25-19(21-2)23-11-10-15-6-9-17(20)24-12-15/h4-9,12H,3,10-11,13H2,1-2H3,(H,22,26)(H2,21,23,25). The fraction of sp³-hybridized carbons (Fsp3) is 0.316. The van der Waals surface area contributed by atoms with E-state index in [1.165, 1.54) is 0 Å². The molecule has 0 saturated carbocycles. The van der Waals surface area contributed by atoms with Gasteiger partial charge in [0.2, 0.25) is 0 Å². The number of benzene rings is 1. The SMILES string of the molecule is CCNC(=O)c1ccc(CNC(=NC)NCCc2ccc(Cl)nc2)cc1.